The van der Waals surface area contributed by atoms with Gasteiger partial charge in [-0.1, -0.05) is 0 Å². The third kappa shape index (κ3) is 3.26. The molecule has 0 bridgehead atoms. The molecule has 1 fully saturated rings. The second-order valence-electron chi connectivity index (χ2n) is 7.12. The Morgan fingerprint density at radius 1 is 1.25 bits per heavy atom. The van der Waals surface area contributed by atoms with Crippen LogP contribution in [-0.2, 0) is 13.6 Å². The molecule has 1 aliphatic rings. The van der Waals surface area contributed by atoms with Gasteiger partial charge in [0.2, 0.25) is 0 Å². The van der Waals surface area contributed by atoms with Crippen molar-refractivity contribution < 1.29 is 4.79 Å². The van der Waals surface area contributed by atoms with Crippen LogP contribution < -0.4 is 5.69 Å². The van der Waals surface area contributed by atoms with E-state index in [1.807, 2.05) is 46.9 Å². The molecule has 0 spiro atoms. The van der Waals surface area contributed by atoms with E-state index in [0.29, 0.717) is 18.7 Å². The first-order chi connectivity index (χ1) is 13.6. The summed E-state index contributed by atoms with van der Waals surface area (Å²) in [4.78, 5) is 31.1. The maximum atomic E-state index is 13.0. The molecular formula is C20H24N6O2. The first-order valence-corrected chi connectivity index (χ1v) is 9.60. The van der Waals surface area contributed by atoms with E-state index in [4.69, 9.17) is 0 Å². The van der Waals surface area contributed by atoms with E-state index in [0.717, 1.165) is 30.9 Å². The SMILES string of the molecule is CCn1c([C@H]2CCCN(C(=O)c3ccc(-n4ccnc4)cc3)C2)nn(C)c1=O. The number of rotatable bonds is 4. The molecule has 8 nitrogen and oxygen atoms in total. The van der Waals surface area contributed by atoms with Gasteiger partial charge in [0.05, 0.1) is 6.33 Å². The molecule has 1 atom stereocenters. The number of hydrogen-bond acceptors (Lipinski definition) is 4. The van der Waals surface area contributed by atoms with Gasteiger partial charge in [0.15, 0.2) is 0 Å². The summed E-state index contributed by atoms with van der Waals surface area (Å²) in [6.07, 6.45) is 7.15. The Morgan fingerprint density at radius 3 is 2.71 bits per heavy atom. The molecule has 0 aliphatic carbocycles. The van der Waals surface area contributed by atoms with Crippen molar-refractivity contribution in [1.82, 2.24) is 28.8 Å². The Morgan fingerprint density at radius 2 is 2.04 bits per heavy atom. The number of aromatic nitrogens is 5. The van der Waals surface area contributed by atoms with Crippen LogP contribution in [0.5, 0.6) is 0 Å². The molecule has 0 saturated carbocycles. The van der Waals surface area contributed by atoms with Gasteiger partial charge in [-0.2, -0.15) is 5.10 Å². The van der Waals surface area contributed by atoms with Crippen molar-refractivity contribution in [2.75, 3.05) is 13.1 Å². The average molecular weight is 380 g/mol. The molecule has 0 unspecified atom stereocenters. The van der Waals surface area contributed by atoms with Gasteiger partial charge < -0.3 is 9.47 Å². The fourth-order valence-corrected chi connectivity index (χ4v) is 3.87. The van der Waals surface area contributed by atoms with Crippen LogP contribution in [0, 0.1) is 0 Å². The molecule has 3 aromatic rings. The zero-order valence-electron chi connectivity index (χ0n) is 16.2. The van der Waals surface area contributed by atoms with Crippen molar-refractivity contribution in [3.05, 3.63) is 64.9 Å². The van der Waals surface area contributed by atoms with E-state index in [2.05, 4.69) is 10.1 Å². The highest BCUT2D eigenvalue weighted by atomic mass is 16.2. The average Bonchev–Trinajstić information content (AvgIpc) is 3.36. The fraction of sp³-hybridized carbons (Fsp3) is 0.400. The molecule has 8 heteroatoms. The number of piperidine rings is 1. The minimum absolute atomic E-state index is 0.0169. The van der Waals surface area contributed by atoms with Crippen molar-refractivity contribution in [3.63, 3.8) is 0 Å². The lowest BCUT2D eigenvalue weighted by Crippen LogP contribution is -2.40. The van der Waals surface area contributed by atoms with Gasteiger partial charge in [0, 0.05) is 56.2 Å². The first-order valence-electron chi connectivity index (χ1n) is 9.60. The first kappa shape index (κ1) is 18.2. The third-order valence-electron chi connectivity index (χ3n) is 5.34. The van der Waals surface area contributed by atoms with Crippen LogP contribution in [0.3, 0.4) is 0 Å². The van der Waals surface area contributed by atoms with Gasteiger partial charge in [-0.15, -0.1) is 0 Å². The summed E-state index contributed by atoms with van der Waals surface area (Å²) in [6, 6.07) is 7.54. The van der Waals surface area contributed by atoms with Gasteiger partial charge in [-0.3, -0.25) is 9.36 Å². The number of carbonyl (C=O) groups excluding carboxylic acids is 1. The molecule has 3 heterocycles. The summed E-state index contributed by atoms with van der Waals surface area (Å²) in [6.45, 7) is 3.84. The van der Waals surface area contributed by atoms with Crippen molar-refractivity contribution in [3.8, 4) is 5.69 Å². The topological polar surface area (TPSA) is 78.0 Å². The molecular weight excluding hydrogens is 356 g/mol. The van der Waals surface area contributed by atoms with Crippen molar-refractivity contribution in [1.29, 1.82) is 0 Å². The summed E-state index contributed by atoms with van der Waals surface area (Å²) < 4.78 is 4.99. The molecule has 146 valence electrons. The number of aryl methyl sites for hydroxylation is 1. The number of hydrogen-bond donors (Lipinski definition) is 0. The Labute approximate surface area is 163 Å². The fourth-order valence-electron chi connectivity index (χ4n) is 3.87. The molecule has 2 aromatic heterocycles. The molecule has 28 heavy (non-hydrogen) atoms. The standard InChI is InChI=1S/C20H24N6O2/c1-3-26-18(22-23(2)20(26)28)16-5-4-11-24(13-16)19(27)15-6-8-17(9-7-15)25-12-10-21-14-25/h6-10,12,14,16H,3-5,11,13H2,1-2H3/t16-/m0/s1. The number of nitrogens with zero attached hydrogens (tertiary/aromatic N) is 6. The summed E-state index contributed by atoms with van der Waals surface area (Å²) >= 11 is 0. The van der Waals surface area contributed by atoms with Gasteiger partial charge in [0.1, 0.15) is 5.82 Å². The van der Waals surface area contributed by atoms with Crippen LogP contribution in [0.1, 0.15) is 41.9 Å². The molecule has 1 amide bonds. The number of benzene rings is 1. The van der Waals surface area contributed by atoms with E-state index in [9.17, 15) is 9.59 Å². The van der Waals surface area contributed by atoms with E-state index in [-0.39, 0.29) is 17.5 Å². The van der Waals surface area contributed by atoms with E-state index < -0.39 is 0 Å². The Hall–Kier alpha value is -3.16. The monoisotopic (exact) mass is 380 g/mol. The molecule has 1 aromatic carbocycles. The second kappa shape index (κ2) is 7.46. The molecule has 1 aliphatic heterocycles. The van der Waals surface area contributed by atoms with Crippen LogP contribution >= 0.6 is 0 Å². The van der Waals surface area contributed by atoms with Gasteiger partial charge in [-0.05, 0) is 44.0 Å². The third-order valence-corrected chi connectivity index (χ3v) is 5.34. The van der Waals surface area contributed by atoms with Gasteiger partial charge in [-0.25, -0.2) is 14.5 Å². The minimum atomic E-state index is -0.101. The zero-order chi connectivity index (χ0) is 19.7. The van der Waals surface area contributed by atoms with Crippen molar-refractivity contribution in [2.24, 2.45) is 7.05 Å². The van der Waals surface area contributed by atoms with Crippen LogP contribution in [0.2, 0.25) is 0 Å². The van der Waals surface area contributed by atoms with Crippen LogP contribution in [-0.4, -0.2) is 47.8 Å². The number of carbonyl (C=O) groups is 1. The van der Waals surface area contributed by atoms with Crippen LogP contribution in [0.15, 0.2) is 47.8 Å². The van der Waals surface area contributed by atoms with Crippen LogP contribution in [0.4, 0.5) is 0 Å². The zero-order valence-corrected chi connectivity index (χ0v) is 16.2. The summed E-state index contributed by atoms with van der Waals surface area (Å²) in [5, 5.41) is 4.43. The quantitative estimate of drug-likeness (QED) is 0.692. The lowest BCUT2D eigenvalue weighted by Gasteiger charge is -2.32. The Bertz CT molecular complexity index is 1020. The summed E-state index contributed by atoms with van der Waals surface area (Å²) in [5.74, 6) is 0.878. The van der Waals surface area contributed by atoms with Crippen LogP contribution in [0.25, 0.3) is 5.69 Å². The highest BCUT2D eigenvalue weighted by molar-refractivity contribution is 5.94. The Kier molecular flexibility index (Phi) is 4.85. The van der Waals surface area contributed by atoms with E-state index in [1.165, 1.54) is 4.68 Å². The molecule has 4 rings (SSSR count). The van der Waals surface area contributed by atoms with Crippen molar-refractivity contribution in [2.45, 2.75) is 32.2 Å². The van der Waals surface area contributed by atoms with E-state index >= 15 is 0 Å². The molecule has 0 N–H and O–H groups in total. The smallest absolute Gasteiger partial charge is 0.338 e. The summed E-state index contributed by atoms with van der Waals surface area (Å²) in [7, 11) is 1.67. The maximum Gasteiger partial charge on any atom is 0.345 e. The van der Waals surface area contributed by atoms with Gasteiger partial charge >= 0.3 is 5.69 Å². The predicted octanol–water partition coefficient (Wildman–Crippen LogP) is 1.81. The second-order valence-corrected chi connectivity index (χ2v) is 7.12. The van der Waals surface area contributed by atoms with Gasteiger partial charge in [0.25, 0.3) is 5.91 Å². The number of imidazole rings is 1. The Balaban J connectivity index is 1.52. The maximum absolute atomic E-state index is 13.0. The number of amides is 1. The largest absolute Gasteiger partial charge is 0.345 e. The van der Waals surface area contributed by atoms with Crippen molar-refractivity contribution >= 4 is 5.91 Å². The lowest BCUT2D eigenvalue weighted by molar-refractivity contribution is 0.0703. The highest BCUT2D eigenvalue weighted by Crippen LogP contribution is 2.26. The summed E-state index contributed by atoms with van der Waals surface area (Å²) in [5.41, 5.74) is 1.53. The minimum Gasteiger partial charge on any atom is -0.338 e. The van der Waals surface area contributed by atoms with E-state index in [1.54, 1.807) is 24.1 Å². The predicted molar refractivity (Wildman–Crippen MR) is 105 cm³/mol. The lowest BCUT2D eigenvalue weighted by atomic mass is 9.96. The molecule has 0 radical (unpaired) electrons. The highest BCUT2D eigenvalue weighted by Gasteiger charge is 2.29. The molecule has 1 saturated heterocycles. The normalized spacial score (nSPS) is 17.1. The number of likely N-dealkylation sites (tertiary alicyclic amines) is 1.